The molecule has 0 aliphatic heterocycles. The molecule has 0 amide bonds. The number of carbonyl (C=O) groups excluding carboxylic acids is 1. The first-order chi connectivity index (χ1) is 6.55. The van der Waals surface area contributed by atoms with Gasteiger partial charge >= 0.3 is 6.18 Å². The number of aldehydes is 1. The topological polar surface area (TPSA) is 30.0 Å². The van der Waals surface area contributed by atoms with Gasteiger partial charge in [-0.15, -0.1) is 0 Å². The van der Waals surface area contributed by atoms with Crippen molar-refractivity contribution in [1.82, 2.24) is 4.98 Å². The average molecular weight is 201 g/mol. The standard InChI is InChI=1S/C9H6F3NO/c10-9(11,12)7-3-1-5-13-8(7)4-2-6-14/h1-6H. The van der Waals surface area contributed by atoms with Crippen molar-refractivity contribution in [2.75, 3.05) is 0 Å². The Morgan fingerprint density at radius 3 is 2.64 bits per heavy atom. The molecule has 2 nitrogen and oxygen atoms in total. The van der Waals surface area contributed by atoms with Gasteiger partial charge in [0.05, 0.1) is 11.3 Å². The summed E-state index contributed by atoms with van der Waals surface area (Å²) < 4.78 is 36.9. The molecule has 0 saturated carbocycles. The number of pyridine rings is 1. The first-order valence-corrected chi connectivity index (χ1v) is 3.70. The molecule has 1 aromatic heterocycles. The van der Waals surface area contributed by atoms with Crippen LogP contribution in [0, 0.1) is 0 Å². The Hall–Kier alpha value is -1.65. The van der Waals surface area contributed by atoms with Gasteiger partial charge in [0.25, 0.3) is 0 Å². The van der Waals surface area contributed by atoms with Crippen molar-refractivity contribution in [3.8, 4) is 0 Å². The predicted molar refractivity (Wildman–Crippen MR) is 44.3 cm³/mol. The first kappa shape index (κ1) is 10.4. The minimum atomic E-state index is -4.45. The Kier molecular flexibility index (Phi) is 3.01. The van der Waals surface area contributed by atoms with E-state index in [9.17, 15) is 18.0 Å². The van der Waals surface area contributed by atoms with Gasteiger partial charge in [-0.25, -0.2) is 0 Å². The van der Waals surface area contributed by atoms with Crippen molar-refractivity contribution < 1.29 is 18.0 Å². The highest BCUT2D eigenvalue weighted by Gasteiger charge is 2.32. The maximum atomic E-state index is 12.3. The van der Waals surface area contributed by atoms with Crippen molar-refractivity contribution in [3.63, 3.8) is 0 Å². The molecule has 14 heavy (non-hydrogen) atoms. The van der Waals surface area contributed by atoms with E-state index in [0.717, 1.165) is 18.2 Å². The third-order valence-corrected chi connectivity index (χ3v) is 1.48. The van der Waals surface area contributed by atoms with Crippen molar-refractivity contribution in [3.05, 3.63) is 35.7 Å². The van der Waals surface area contributed by atoms with Gasteiger partial charge in [0.15, 0.2) is 0 Å². The van der Waals surface area contributed by atoms with Crippen molar-refractivity contribution in [2.45, 2.75) is 6.18 Å². The molecule has 0 aromatic carbocycles. The molecule has 0 saturated heterocycles. The molecule has 0 N–H and O–H groups in total. The van der Waals surface area contributed by atoms with Crippen LogP contribution >= 0.6 is 0 Å². The lowest BCUT2D eigenvalue weighted by molar-refractivity contribution is -0.138. The van der Waals surface area contributed by atoms with E-state index in [-0.39, 0.29) is 5.69 Å². The van der Waals surface area contributed by atoms with Crippen molar-refractivity contribution in [2.24, 2.45) is 0 Å². The number of halogens is 3. The number of hydrogen-bond donors (Lipinski definition) is 0. The lowest BCUT2D eigenvalue weighted by Crippen LogP contribution is -2.08. The molecule has 1 rings (SSSR count). The minimum absolute atomic E-state index is 0.257. The smallest absolute Gasteiger partial charge is 0.299 e. The minimum Gasteiger partial charge on any atom is -0.299 e. The molecule has 0 radical (unpaired) electrons. The third-order valence-electron chi connectivity index (χ3n) is 1.48. The number of hydrogen-bond acceptors (Lipinski definition) is 2. The second-order valence-electron chi connectivity index (χ2n) is 2.43. The SMILES string of the molecule is O=CC=Cc1ncccc1C(F)(F)F. The molecule has 0 unspecified atom stereocenters. The second kappa shape index (κ2) is 4.04. The number of alkyl halides is 3. The maximum absolute atomic E-state index is 12.3. The molecular weight excluding hydrogens is 195 g/mol. The van der Waals surface area contributed by atoms with Crippen LogP contribution < -0.4 is 0 Å². The van der Waals surface area contributed by atoms with Gasteiger partial charge in [-0.2, -0.15) is 13.2 Å². The summed E-state index contributed by atoms with van der Waals surface area (Å²) in [6.07, 6.45) is -0.821. The summed E-state index contributed by atoms with van der Waals surface area (Å²) in [5.74, 6) is 0. The van der Waals surface area contributed by atoms with E-state index < -0.39 is 11.7 Å². The molecule has 0 aliphatic rings. The zero-order valence-electron chi connectivity index (χ0n) is 6.95. The molecule has 0 bridgehead atoms. The van der Waals surface area contributed by atoms with Crippen LogP contribution in [0.5, 0.6) is 0 Å². The molecular formula is C9H6F3NO. The van der Waals surface area contributed by atoms with Crippen LogP contribution in [0.3, 0.4) is 0 Å². The maximum Gasteiger partial charge on any atom is 0.418 e. The molecule has 1 heterocycles. The zero-order chi connectivity index (χ0) is 10.6. The van der Waals surface area contributed by atoms with Crippen LogP contribution in [-0.4, -0.2) is 11.3 Å². The van der Waals surface area contributed by atoms with Gasteiger partial charge in [0.1, 0.15) is 6.29 Å². The van der Waals surface area contributed by atoms with Gasteiger partial charge in [-0.3, -0.25) is 9.78 Å². The summed E-state index contributed by atoms with van der Waals surface area (Å²) in [5, 5.41) is 0. The molecule has 0 spiro atoms. The number of aromatic nitrogens is 1. The number of rotatable bonds is 2. The first-order valence-electron chi connectivity index (χ1n) is 3.70. The van der Waals surface area contributed by atoms with E-state index >= 15 is 0 Å². The van der Waals surface area contributed by atoms with E-state index in [1.807, 2.05) is 0 Å². The van der Waals surface area contributed by atoms with Crippen molar-refractivity contribution in [1.29, 1.82) is 0 Å². The monoisotopic (exact) mass is 201 g/mol. The molecule has 0 atom stereocenters. The summed E-state index contributed by atoms with van der Waals surface area (Å²) in [6, 6.07) is 2.11. The fourth-order valence-electron chi connectivity index (χ4n) is 0.920. The molecule has 74 valence electrons. The van der Waals surface area contributed by atoms with Crippen LogP contribution in [0.1, 0.15) is 11.3 Å². The number of nitrogens with zero attached hydrogens (tertiary/aromatic N) is 1. The number of carbonyl (C=O) groups is 1. The summed E-state index contributed by atoms with van der Waals surface area (Å²) in [5.41, 5.74) is -1.11. The molecule has 5 heteroatoms. The van der Waals surface area contributed by atoms with Crippen LogP contribution in [0.4, 0.5) is 13.2 Å². The zero-order valence-corrected chi connectivity index (χ0v) is 6.95. The largest absolute Gasteiger partial charge is 0.418 e. The van der Waals surface area contributed by atoms with Crippen molar-refractivity contribution >= 4 is 12.4 Å². The highest BCUT2D eigenvalue weighted by Crippen LogP contribution is 2.31. The van der Waals surface area contributed by atoms with Crippen LogP contribution in [-0.2, 0) is 11.0 Å². The summed E-state index contributed by atoms with van der Waals surface area (Å²) in [7, 11) is 0. The highest BCUT2D eigenvalue weighted by molar-refractivity contribution is 5.73. The Morgan fingerprint density at radius 1 is 1.36 bits per heavy atom. The average Bonchev–Trinajstić information content (AvgIpc) is 2.14. The fourth-order valence-corrected chi connectivity index (χ4v) is 0.920. The molecule has 1 aromatic rings. The van der Waals surface area contributed by atoms with E-state index in [4.69, 9.17) is 0 Å². The molecule has 0 fully saturated rings. The number of allylic oxidation sites excluding steroid dienone is 1. The normalized spacial score (nSPS) is 11.9. The van der Waals surface area contributed by atoms with E-state index in [1.54, 1.807) is 0 Å². The Labute approximate surface area is 78.1 Å². The predicted octanol–water partition coefficient (Wildman–Crippen LogP) is 2.31. The second-order valence-corrected chi connectivity index (χ2v) is 2.43. The Balaban J connectivity index is 3.16. The fraction of sp³-hybridized carbons (Fsp3) is 0.111. The summed E-state index contributed by atoms with van der Waals surface area (Å²) in [4.78, 5) is 13.5. The van der Waals surface area contributed by atoms with Gasteiger partial charge < -0.3 is 0 Å². The van der Waals surface area contributed by atoms with Gasteiger partial charge in [0.2, 0.25) is 0 Å². The Morgan fingerprint density at radius 2 is 2.07 bits per heavy atom. The third kappa shape index (κ3) is 2.42. The lowest BCUT2D eigenvalue weighted by Gasteiger charge is -2.08. The van der Waals surface area contributed by atoms with E-state index in [0.29, 0.717) is 6.29 Å². The van der Waals surface area contributed by atoms with E-state index in [2.05, 4.69) is 4.98 Å². The van der Waals surface area contributed by atoms with Gasteiger partial charge in [0, 0.05) is 6.20 Å². The summed E-state index contributed by atoms with van der Waals surface area (Å²) >= 11 is 0. The quantitative estimate of drug-likeness (QED) is 0.542. The lowest BCUT2D eigenvalue weighted by atomic mass is 10.2. The van der Waals surface area contributed by atoms with Gasteiger partial charge in [-0.05, 0) is 24.3 Å². The highest BCUT2D eigenvalue weighted by atomic mass is 19.4. The molecule has 0 aliphatic carbocycles. The van der Waals surface area contributed by atoms with Crippen LogP contribution in [0.2, 0.25) is 0 Å². The van der Waals surface area contributed by atoms with Gasteiger partial charge in [-0.1, -0.05) is 0 Å². The van der Waals surface area contributed by atoms with Crippen LogP contribution in [0.15, 0.2) is 24.4 Å². The summed E-state index contributed by atoms with van der Waals surface area (Å²) in [6.45, 7) is 0. The van der Waals surface area contributed by atoms with E-state index in [1.165, 1.54) is 12.3 Å². The Bertz CT molecular complexity index is 357. The van der Waals surface area contributed by atoms with Crippen LogP contribution in [0.25, 0.3) is 6.08 Å².